The standard InChI is InChI=1S/C22H32N4O/c1-17(19-9-11-21(27-5)12-10-19)13-14-24-22(23-2)25-16-18-7-6-8-20(15-18)26(3)4/h6-12,15,17H,13-14,16H2,1-5H3,(H2,23,24,25). The first-order valence-electron chi connectivity index (χ1n) is 9.38. The molecule has 27 heavy (non-hydrogen) atoms. The molecule has 0 saturated heterocycles. The Kier molecular flexibility index (Phi) is 7.99. The van der Waals surface area contributed by atoms with Crippen LogP contribution >= 0.6 is 0 Å². The number of methoxy groups -OCH3 is 1. The molecule has 0 amide bonds. The van der Waals surface area contributed by atoms with Crippen molar-refractivity contribution in [3.63, 3.8) is 0 Å². The van der Waals surface area contributed by atoms with Gasteiger partial charge in [-0.1, -0.05) is 31.2 Å². The fourth-order valence-electron chi connectivity index (χ4n) is 2.86. The highest BCUT2D eigenvalue weighted by Gasteiger charge is 2.06. The van der Waals surface area contributed by atoms with Crippen LogP contribution in [0, 0.1) is 0 Å². The number of nitrogens with zero attached hydrogens (tertiary/aromatic N) is 2. The summed E-state index contributed by atoms with van der Waals surface area (Å²) in [6.45, 7) is 3.85. The number of hydrogen-bond donors (Lipinski definition) is 2. The van der Waals surface area contributed by atoms with Crippen LogP contribution in [0.25, 0.3) is 0 Å². The number of benzene rings is 2. The van der Waals surface area contributed by atoms with E-state index < -0.39 is 0 Å². The molecule has 0 saturated carbocycles. The molecule has 2 aromatic carbocycles. The Labute approximate surface area is 163 Å². The average Bonchev–Trinajstić information content (AvgIpc) is 2.70. The minimum atomic E-state index is 0.471. The molecule has 0 aromatic heterocycles. The molecule has 2 rings (SSSR count). The maximum absolute atomic E-state index is 5.22. The SMILES string of the molecule is CN=C(NCCC(C)c1ccc(OC)cc1)NCc1cccc(N(C)C)c1. The third kappa shape index (κ3) is 6.51. The number of aliphatic imine (C=N–C) groups is 1. The predicted molar refractivity (Wildman–Crippen MR) is 115 cm³/mol. The fraction of sp³-hybridized carbons (Fsp3) is 0.409. The molecule has 0 bridgehead atoms. The summed E-state index contributed by atoms with van der Waals surface area (Å²) in [6, 6.07) is 16.8. The lowest BCUT2D eigenvalue weighted by molar-refractivity contribution is 0.414. The minimum Gasteiger partial charge on any atom is -0.497 e. The summed E-state index contributed by atoms with van der Waals surface area (Å²) in [7, 11) is 7.60. The summed E-state index contributed by atoms with van der Waals surface area (Å²) in [5.74, 6) is 2.19. The lowest BCUT2D eigenvalue weighted by Gasteiger charge is -2.17. The summed E-state index contributed by atoms with van der Waals surface area (Å²) in [5, 5.41) is 6.79. The van der Waals surface area contributed by atoms with Crippen LogP contribution in [0.1, 0.15) is 30.4 Å². The van der Waals surface area contributed by atoms with E-state index in [2.05, 4.69) is 77.9 Å². The zero-order chi connectivity index (χ0) is 19.6. The van der Waals surface area contributed by atoms with Crippen molar-refractivity contribution in [3.8, 4) is 5.75 Å². The van der Waals surface area contributed by atoms with Gasteiger partial charge in [0.2, 0.25) is 0 Å². The number of ether oxygens (including phenoxy) is 1. The quantitative estimate of drug-likeness (QED) is 0.552. The number of hydrogen-bond acceptors (Lipinski definition) is 3. The molecule has 0 aliphatic heterocycles. The molecule has 146 valence electrons. The van der Waals surface area contributed by atoms with Crippen LogP contribution in [0.5, 0.6) is 5.75 Å². The van der Waals surface area contributed by atoms with E-state index in [1.165, 1.54) is 16.8 Å². The van der Waals surface area contributed by atoms with Crippen molar-refractivity contribution in [2.24, 2.45) is 4.99 Å². The molecule has 5 heteroatoms. The second kappa shape index (κ2) is 10.5. The third-order valence-electron chi connectivity index (χ3n) is 4.67. The lowest BCUT2D eigenvalue weighted by atomic mass is 9.98. The molecule has 0 fully saturated rings. The molecule has 1 unspecified atom stereocenters. The van der Waals surface area contributed by atoms with Gasteiger partial charge in [0.05, 0.1) is 7.11 Å². The van der Waals surface area contributed by atoms with Gasteiger partial charge < -0.3 is 20.3 Å². The molecule has 0 radical (unpaired) electrons. The van der Waals surface area contributed by atoms with Crippen LogP contribution in [0.2, 0.25) is 0 Å². The molecule has 2 N–H and O–H groups in total. The van der Waals surface area contributed by atoms with E-state index in [1.807, 2.05) is 12.1 Å². The molecule has 2 aromatic rings. The number of nitrogens with one attached hydrogen (secondary N) is 2. The highest BCUT2D eigenvalue weighted by molar-refractivity contribution is 5.79. The summed E-state index contributed by atoms with van der Waals surface area (Å²) in [4.78, 5) is 6.43. The third-order valence-corrected chi connectivity index (χ3v) is 4.67. The van der Waals surface area contributed by atoms with Gasteiger partial charge in [-0.3, -0.25) is 4.99 Å². The normalized spacial score (nSPS) is 12.4. The van der Waals surface area contributed by atoms with Crippen LogP contribution in [-0.4, -0.2) is 40.8 Å². The summed E-state index contributed by atoms with van der Waals surface area (Å²) < 4.78 is 5.22. The molecular formula is C22H32N4O. The van der Waals surface area contributed by atoms with Gasteiger partial charge in [-0.2, -0.15) is 0 Å². The zero-order valence-electron chi connectivity index (χ0n) is 17.1. The van der Waals surface area contributed by atoms with Crippen molar-refractivity contribution in [2.45, 2.75) is 25.8 Å². The number of guanidine groups is 1. The van der Waals surface area contributed by atoms with Crippen LogP contribution in [0.3, 0.4) is 0 Å². The van der Waals surface area contributed by atoms with E-state index in [4.69, 9.17) is 4.74 Å². The monoisotopic (exact) mass is 368 g/mol. The van der Waals surface area contributed by atoms with Gasteiger partial charge in [-0.05, 0) is 47.7 Å². The highest BCUT2D eigenvalue weighted by atomic mass is 16.5. The van der Waals surface area contributed by atoms with E-state index in [-0.39, 0.29) is 0 Å². The molecule has 0 spiro atoms. The maximum atomic E-state index is 5.22. The second-order valence-corrected chi connectivity index (χ2v) is 6.88. The van der Waals surface area contributed by atoms with Crippen LogP contribution < -0.4 is 20.3 Å². The van der Waals surface area contributed by atoms with Gasteiger partial charge >= 0.3 is 0 Å². The molecule has 0 aliphatic rings. The molecule has 1 atom stereocenters. The predicted octanol–water partition coefficient (Wildman–Crippen LogP) is 3.62. The van der Waals surface area contributed by atoms with Gasteiger partial charge in [0.1, 0.15) is 5.75 Å². The topological polar surface area (TPSA) is 48.9 Å². The van der Waals surface area contributed by atoms with E-state index >= 15 is 0 Å². The van der Waals surface area contributed by atoms with Gasteiger partial charge in [0, 0.05) is 39.9 Å². The fourth-order valence-corrected chi connectivity index (χ4v) is 2.86. The molecule has 0 heterocycles. The first-order chi connectivity index (χ1) is 13.0. The van der Waals surface area contributed by atoms with Crippen LogP contribution in [0.15, 0.2) is 53.5 Å². The molecular weight excluding hydrogens is 336 g/mol. The van der Waals surface area contributed by atoms with Gasteiger partial charge in [-0.25, -0.2) is 0 Å². The van der Waals surface area contributed by atoms with Crippen molar-refractivity contribution in [3.05, 3.63) is 59.7 Å². The van der Waals surface area contributed by atoms with Crippen molar-refractivity contribution in [1.29, 1.82) is 0 Å². The molecule has 0 aliphatic carbocycles. The smallest absolute Gasteiger partial charge is 0.191 e. The Hall–Kier alpha value is -2.69. The van der Waals surface area contributed by atoms with E-state index in [0.717, 1.165) is 31.2 Å². The van der Waals surface area contributed by atoms with Crippen molar-refractivity contribution in [1.82, 2.24) is 10.6 Å². The second-order valence-electron chi connectivity index (χ2n) is 6.88. The Morgan fingerprint density at radius 3 is 2.48 bits per heavy atom. The Morgan fingerprint density at radius 2 is 1.85 bits per heavy atom. The Balaban J connectivity index is 1.79. The van der Waals surface area contributed by atoms with E-state index in [9.17, 15) is 0 Å². The van der Waals surface area contributed by atoms with Gasteiger partial charge in [0.15, 0.2) is 5.96 Å². The summed E-state index contributed by atoms with van der Waals surface area (Å²) in [6.07, 6.45) is 1.03. The number of anilines is 1. The van der Waals surface area contributed by atoms with Crippen molar-refractivity contribution >= 4 is 11.6 Å². The summed E-state index contributed by atoms with van der Waals surface area (Å²) >= 11 is 0. The van der Waals surface area contributed by atoms with Crippen LogP contribution in [0.4, 0.5) is 5.69 Å². The Bertz CT molecular complexity index is 725. The molecule has 5 nitrogen and oxygen atoms in total. The Morgan fingerprint density at radius 1 is 1.11 bits per heavy atom. The first-order valence-corrected chi connectivity index (χ1v) is 9.38. The largest absolute Gasteiger partial charge is 0.497 e. The van der Waals surface area contributed by atoms with Gasteiger partial charge in [-0.15, -0.1) is 0 Å². The minimum absolute atomic E-state index is 0.471. The first kappa shape index (κ1) is 20.6. The van der Waals surface area contributed by atoms with Crippen LogP contribution in [-0.2, 0) is 6.54 Å². The highest BCUT2D eigenvalue weighted by Crippen LogP contribution is 2.21. The lowest BCUT2D eigenvalue weighted by Crippen LogP contribution is -2.37. The van der Waals surface area contributed by atoms with Crippen molar-refractivity contribution in [2.75, 3.05) is 39.7 Å². The number of rotatable bonds is 8. The van der Waals surface area contributed by atoms with Crippen molar-refractivity contribution < 1.29 is 4.74 Å². The summed E-state index contributed by atoms with van der Waals surface area (Å²) in [5.41, 5.74) is 3.75. The van der Waals surface area contributed by atoms with Gasteiger partial charge in [0.25, 0.3) is 0 Å². The van der Waals surface area contributed by atoms with E-state index in [1.54, 1.807) is 14.2 Å². The average molecular weight is 369 g/mol. The maximum Gasteiger partial charge on any atom is 0.191 e. The van der Waals surface area contributed by atoms with E-state index in [0.29, 0.717) is 5.92 Å². The zero-order valence-corrected chi connectivity index (χ0v) is 17.1.